The summed E-state index contributed by atoms with van der Waals surface area (Å²) < 4.78 is 12.9. The molecule has 2 aliphatic carbocycles. The summed E-state index contributed by atoms with van der Waals surface area (Å²) in [5.41, 5.74) is 4.68. The average molecular weight is 369 g/mol. The van der Waals surface area contributed by atoms with Crippen molar-refractivity contribution in [2.45, 2.75) is 78.6 Å². The third-order valence-corrected chi connectivity index (χ3v) is 6.28. The van der Waals surface area contributed by atoms with E-state index in [1.165, 1.54) is 30.4 Å². The summed E-state index contributed by atoms with van der Waals surface area (Å²) in [7, 11) is 0. The van der Waals surface area contributed by atoms with Crippen molar-refractivity contribution in [3.05, 3.63) is 71.0 Å². The molecule has 0 saturated heterocycles. The van der Waals surface area contributed by atoms with Crippen molar-refractivity contribution in [3.8, 4) is 0 Å². The number of hydrogen-bond acceptors (Lipinski definition) is 0. The van der Waals surface area contributed by atoms with Gasteiger partial charge < -0.3 is 0 Å². The molecular formula is C26H37F. The molecule has 27 heavy (non-hydrogen) atoms. The lowest BCUT2D eigenvalue weighted by atomic mass is 9.85. The minimum atomic E-state index is -0.0943. The molecule has 2 aromatic rings. The first-order valence-electron chi connectivity index (χ1n) is 10.8. The van der Waals surface area contributed by atoms with Gasteiger partial charge >= 0.3 is 0 Å². The zero-order valence-corrected chi connectivity index (χ0v) is 18.1. The minimum absolute atomic E-state index is 0.0943. The van der Waals surface area contributed by atoms with E-state index in [9.17, 15) is 4.39 Å². The van der Waals surface area contributed by atoms with Crippen LogP contribution in [0.3, 0.4) is 0 Å². The molecule has 2 aliphatic rings. The Morgan fingerprint density at radius 1 is 0.926 bits per heavy atom. The molecule has 148 valence electrons. The molecule has 0 radical (unpaired) electrons. The van der Waals surface area contributed by atoms with E-state index in [1.807, 2.05) is 19.9 Å². The molecule has 0 N–H and O–H groups in total. The van der Waals surface area contributed by atoms with Crippen molar-refractivity contribution in [1.29, 1.82) is 0 Å². The van der Waals surface area contributed by atoms with E-state index in [0.717, 1.165) is 12.3 Å². The summed E-state index contributed by atoms with van der Waals surface area (Å²) in [4.78, 5) is 0. The van der Waals surface area contributed by atoms with Gasteiger partial charge in [0.15, 0.2) is 0 Å². The number of aryl methyl sites for hydroxylation is 1. The third-order valence-electron chi connectivity index (χ3n) is 6.28. The number of fused-ring (bicyclic) bond motifs is 1. The topological polar surface area (TPSA) is 0 Å². The summed E-state index contributed by atoms with van der Waals surface area (Å²) in [6.45, 7) is 13.1. The van der Waals surface area contributed by atoms with Crippen molar-refractivity contribution < 1.29 is 4.39 Å². The molecule has 0 amide bonds. The van der Waals surface area contributed by atoms with E-state index < -0.39 is 0 Å². The van der Waals surface area contributed by atoms with E-state index in [1.54, 1.807) is 17.7 Å². The van der Waals surface area contributed by atoms with E-state index in [2.05, 4.69) is 58.0 Å². The Morgan fingerprint density at radius 3 is 2.07 bits per heavy atom. The molecule has 1 saturated carbocycles. The van der Waals surface area contributed by atoms with Gasteiger partial charge in [-0.2, -0.15) is 0 Å². The molecule has 0 aromatic heterocycles. The zero-order chi connectivity index (χ0) is 20.0. The first-order chi connectivity index (χ1) is 12.9. The highest BCUT2D eigenvalue weighted by Gasteiger charge is 2.46. The van der Waals surface area contributed by atoms with Crippen LogP contribution in [-0.2, 0) is 11.8 Å². The van der Waals surface area contributed by atoms with Crippen LogP contribution in [0.2, 0.25) is 0 Å². The van der Waals surface area contributed by atoms with Crippen LogP contribution in [0.25, 0.3) is 0 Å². The van der Waals surface area contributed by atoms with Crippen molar-refractivity contribution in [2.24, 2.45) is 11.8 Å². The lowest BCUT2D eigenvalue weighted by Gasteiger charge is -2.19. The third kappa shape index (κ3) is 5.00. The highest BCUT2D eigenvalue weighted by Crippen LogP contribution is 2.53. The average Bonchev–Trinajstić information content (AvgIpc) is 3.39. The summed E-state index contributed by atoms with van der Waals surface area (Å²) in [6, 6.07) is 16.2. The maximum absolute atomic E-state index is 12.9. The molecular weight excluding hydrogens is 331 g/mol. The van der Waals surface area contributed by atoms with Crippen LogP contribution in [0.4, 0.5) is 4.39 Å². The highest BCUT2D eigenvalue weighted by molar-refractivity contribution is 5.35. The molecule has 1 atom stereocenters. The van der Waals surface area contributed by atoms with Gasteiger partial charge in [0.1, 0.15) is 5.82 Å². The fourth-order valence-corrected chi connectivity index (χ4v) is 4.42. The Balaban J connectivity index is 0.000000178. The largest absolute Gasteiger partial charge is 0.207 e. The van der Waals surface area contributed by atoms with Crippen LogP contribution in [0.5, 0.6) is 0 Å². The second-order valence-corrected chi connectivity index (χ2v) is 8.41. The molecule has 0 aliphatic heterocycles. The fourth-order valence-electron chi connectivity index (χ4n) is 4.42. The van der Waals surface area contributed by atoms with Gasteiger partial charge in [-0.3, -0.25) is 0 Å². The molecule has 1 unspecified atom stereocenters. The van der Waals surface area contributed by atoms with Crippen LogP contribution in [-0.4, -0.2) is 0 Å². The van der Waals surface area contributed by atoms with Gasteiger partial charge in [-0.05, 0) is 77.7 Å². The lowest BCUT2D eigenvalue weighted by Crippen LogP contribution is -2.14. The predicted molar refractivity (Wildman–Crippen MR) is 116 cm³/mol. The van der Waals surface area contributed by atoms with Crippen molar-refractivity contribution in [2.75, 3.05) is 0 Å². The summed E-state index contributed by atoms with van der Waals surface area (Å²) in [5, 5.41) is 0. The number of benzene rings is 2. The van der Waals surface area contributed by atoms with E-state index in [0.29, 0.717) is 17.3 Å². The molecule has 2 aromatic carbocycles. The summed E-state index contributed by atoms with van der Waals surface area (Å²) in [5.74, 6) is 2.02. The summed E-state index contributed by atoms with van der Waals surface area (Å²) >= 11 is 0. The molecule has 0 heterocycles. The second-order valence-electron chi connectivity index (χ2n) is 8.41. The normalized spacial score (nSPS) is 18.9. The van der Waals surface area contributed by atoms with Crippen LogP contribution in [0.1, 0.15) is 83.4 Å². The monoisotopic (exact) mass is 368 g/mol. The van der Waals surface area contributed by atoms with E-state index in [-0.39, 0.29) is 5.82 Å². The second kappa shape index (κ2) is 9.53. The SMILES string of the molecule is CC.CC(C)C1(c2ccccc2)CC1.CC(C)C1CCc2cc(F)ccc21. The summed E-state index contributed by atoms with van der Waals surface area (Å²) in [6.07, 6.45) is 5.01. The first kappa shape index (κ1) is 21.7. The Kier molecular flexibility index (Phi) is 7.65. The molecule has 1 heteroatoms. The van der Waals surface area contributed by atoms with Crippen LogP contribution >= 0.6 is 0 Å². The predicted octanol–water partition coefficient (Wildman–Crippen LogP) is 7.91. The zero-order valence-electron chi connectivity index (χ0n) is 18.1. The number of halogens is 1. The maximum atomic E-state index is 12.9. The van der Waals surface area contributed by atoms with Gasteiger partial charge in [0.05, 0.1) is 0 Å². The van der Waals surface area contributed by atoms with E-state index in [4.69, 9.17) is 0 Å². The van der Waals surface area contributed by atoms with Gasteiger partial charge in [-0.1, -0.05) is 77.9 Å². The van der Waals surface area contributed by atoms with Crippen LogP contribution in [0.15, 0.2) is 48.5 Å². The Bertz CT molecular complexity index is 695. The number of rotatable bonds is 3. The van der Waals surface area contributed by atoms with Gasteiger partial charge in [-0.15, -0.1) is 0 Å². The molecule has 1 fully saturated rings. The molecule has 0 nitrogen and oxygen atoms in total. The minimum Gasteiger partial charge on any atom is -0.207 e. The molecule has 4 rings (SSSR count). The Morgan fingerprint density at radius 2 is 1.56 bits per heavy atom. The highest BCUT2D eigenvalue weighted by atomic mass is 19.1. The molecule has 0 bridgehead atoms. The van der Waals surface area contributed by atoms with Gasteiger partial charge in [0.25, 0.3) is 0 Å². The van der Waals surface area contributed by atoms with Crippen LogP contribution < -0.4 is 0 Å². The Labute approximate surface area is 166 Å². The quantitative estimate of drug-likeness (QED) is 0.516. The van der Waals surface area contributed by atoms with E-state index >= 15 is 0 Å². The van der Waals surface area contributed by atoms with Crippen molar-refractivity contribution in [1.82, 2.24) is 0 Å². The van der Waals surface area contributed by atoms with Crippen molar-refractivity contribution >= 4 is 0 Å². The van der Waals surface area contributed by atoms with Crippen LogP contribution in [0, 0.1) is 17.7 Å². The van der Waals surface area contributed by atoms with Gasteiger partial charge in [0.2, 0.25) is 0 Å². The maximum Gasteiger partial charge on any atom is 0.123 e. The smallest absolute Gasteiger partial charge is 0.123 e. The molecule has 0 spiro atoms. The fraction of sp³-hybridized carbons (Fsp3) is 0.538. The van der Waals surface area contributed by atoms with Gasteiger partial charge in [0, 0.05) is 0 Å². The first-order valence-corrected chi connectivity index (χ1v) is 10.8. The Hall–Kier alpha value is -1.63. The standard InChI is InChI=1S/C12H15F.C12H16.C2H6/c1-8(2)11-5-3-9-7-10(13)4-6-12(9)11;1-10(2)12(8-9-12)11-6-4-3-5-7-11;1-2/h4,6-8,11H,3,5H2,1-2H3;3-7,10H,8-9H2,1-2H3;1-2H3. The number of hydrogen-bond donors (Lipinski definition) is 0. The lowest BCUT2D eigenvalue weighted by molar-refractivity contribution is 0.481. The van der Waals surface area contributed by atoms with Gasteiger partial charge in [-0.25, -0.2) is 4.39 Å². The van der Waals surface area contributed by atoms with Crippen molar-refractivity contribution in [3.63, 3.8) is 0 Å².